The van der Waals surface area contributed by atoms with Gasteiger partial charge in [-0.25, -0.2) is 0 Å². The zero-order valence-corrected chi connectivity index (χ0v) is 12.6. The van der Waals surface area contributed by atoms with Gasteiger partial charge in [0, 0.05) is 6.20 Å². The van der Waals surface area contributed by atoms with Crippen LogP contribution in [0.15, 0.2) is 36.5 Å². The molecule has 0 amide bonds. The fourth-order valence-electron chi connectivity index (χ4n) is 1.81. The zero-order chi connectivity index (χ0) is 15.2. The molecule has 0 atom stereocenters. The Kier molecular flexibility index (Phi) is 4.94. The van der Waals surface area contributed by atoms with Gasteiger partial charge >= 0.3 is 0 Å². The minimum absolute atomic E-state index is 0.256. The summed E-state index contributed by atoms with van der Waals surface area (Å²) in [6.07, 6.45) is 1.65. The SMILES string of the molecule is COc1cccc(OC)c1OCc1ccnc(C(N)=S)c1. The van der Waals surface area contributed by atoms with E-state index in [2.05, 4.69) is 4.98 Å². The van der Waals surface area contributed by atoms with Crippen molar-refractivity contribution < 1.29 is 14.2 Å². The van der Waals surface area contributed by atoms with Crippen molar-refractivity contribution in [3.63, 3.8) is 0 Å². The third kappa shape index (κ3) is 3.61. The van der Waals surface area contributed by atoms with Gasteiger partial charge in [-0.3, -0.25) is 4.98 Å². The second-order valence-electron chi connectivity index (χ2n) is 4.19. The highest BCUT2D eigenvalue weighted by atomic mass is 32.1. The maximum atomic E-state index is 5.81. The summed E-state index contributed by atoms with van der Waals surface area (Å²) in [5.74, 6) is 1.77. The lowest BCUT2D eigenvalue weighted by Gasteiger charge is -2.14. The molecule has 5 nitrogen and oxygen atoms in total. The molecule has 0 spiro atoms. The number of methoxy groups -OCH3 is 2. The number of nitrogens with two attached hydrogens (primary N) is 1. The average Bonchev–Trinajstić information content (AvgIpc) is 2.52. The Balaban J connectivity index is 2.20. The van der Waals surface area contributed by atoms with E-state index in [0.717, 1.165) is 5.56 Å². The van der Waals surface area contributed by atoms with Crippen LogP contribution in [0.4, 0.5) is 0 Å². The summed E-state index contributed by atoms with van der Waals surface area (Å²) < 4.78 is 16.4. The summed E-state index contributed by atoms with van der Waals surface area (Å²) in [6, 6.07) is 9.09. The first-order chi connectivity index (χ1) is 10.2. The molecule has 0 aliphatic carbocycles. The third-order valence-corrected chi connectivity index (χ3v) is 3.05. The van der Waals surface area contributed by atoms with Crippen LogP contribution in [-0.2, 0) is 6.61 Å². The number of ether oxygens (including phenoxy) is 3. The number of rotatable bonds is 6. The van der Waals surface area contributed by atoms with E-state index in [1.165, 1.54) is 0 Å². The minimum Gasteiger partial charge on any atom is -0.493 e. The summed E-state index contributed by atoms with van der Waals surface area (Å²) in [7, 11) is 3.16. The van der Waals surface area contributed by atoms with Crippen molar-refractivity contribution in [3.8, 4) is 17.2 Å². The fraction of sp³-hybridized carbons (Fsp3) is 0.200. The fourth-order valence-corrected chi connectivity index (χ4v) is 1.93. The monoisotopic (exact) mass is 304 g/mol. The van der Waals surface area contributed by atoms with Crippen molar-refractivity contribution >= 4 is 17.2 Å². The number of benzene rings is 1. The minimum atomic E-state index is 0.256. The molecule has 0 fully saturated rings. The van der Waals surface area contributed by atoms with Gasteiger partial charge in [-0.15, -0.1) is 0 Å². The number of thiocarbonyl (C=S) groups is 1. The van der Waals surface area contributed by atoms with E-state index in [1.807, 2.05) is 24.3 Å². The van der Waals surface area contributed by atoms with Crippen LogP contribution < -0.4 is 19.9 Å². The zero-order valence-electron chi connectivity index (χ0n) is 11.8. The van der Waals surface area contributed by atoms with E-state index in [-0.39, 0.29) is 4.99 Å². The van der Waals surface area contributed by atoms with Crippen molar-refractivity contribution in [3.05, 3.63) is 47.8 Å². The lowest BCUT2D eigenvalue weighted by Crippen LogP contribution is -2.12. The molecule has 1 aromatic heterocycles. The quantitative estimate of drug-likeness (QED) is 0.826. The number of pyridine rings is 1. The Morgan fingerprint density at radius 2 is 1.86 bits per heavy atom. The molecule has 1 aromatic carbocycles. The standard InChI is InChI=1S/C15H16N2O3S/c1-18-12-4-3-5-13(19-2)14(12)20-9-10-6-7-17-11(8-10)15(16)21/h3-8H,9H2,1-2H3,(H2,16,21). The first-order valence-corrected chi connectivity index (χ1v) is 6.65. The van der Waals surface area contributed by atoms with Gasteiger partial charge in [-0.1, -0.05) is 18.3 Å². The van der Waals surface area contributed by atoms with Crippen LogP contribution >= 0.6 is 12.2 Å². The largest absolute Gasteiger partial charge is 0.493 e. The Morgan fingerprint density at radius 3 is 2.43 bits per heavy atom. The second kappa shape index (κ2) is 6.90. The molecule has 0 saturated carbocycles. The molecular weight excluding hydrogens is 288 g/mol. The highest BCUT2D eigenvalue weighted by molar-refractivity contribution is 7.80. The van der Waals surface area contributed by atoms with Gasteiger partial charge < -0.3 is 19.9 Å². The van der Waals surface area contributed by atoms with E-state index in [4.69, 9.17) is 32.2 Å². The lowest BCUT2D eigenvalue weighted by atomic mass is 10.2. The van der Waals surface area contributed by atoms with Gasteiger partial charge in [-0.05, 0) is 29.8 Å². The molecule has 2 rings (SSSR count). The van der Waals surface area contributed by atoms with Crippen LogP contribution in [0.3, 0.4) is 0 Å². The molecule has 0 aliphatic rings. The van der Waals surface area contributed by atoms with E-state index in [9.17, 15) is 0 Å². The summed E-state index contributed by atoms with van der Waals surface area (Å²) in [4.78, 5) is 4.35. The molecular formula is C15H16N2O3S. The van der Waals surface area contributed by atoms with Gasteiger partial charge in [0.15, 0.2) is 11.5 Å². The summed E-state index contributed by atoms with van der Waals surface area (Å²) in [6.45, 7) is 0.328. The first kappa shape index (κ1) is 15.1. The van der Waals surface area contributed by atoms with Crippen molar-refractivity contribution in [2.75, 3.05) is 14.2 Å². The predicted molar refractivity (Wildman–Crippen MR) is 84.0 cm³/mol. The number of hydrogen-bond donors (Lipinski definition) is 1. The van der Waals surface area contributed by atoms with E-state index in [1.54, 1.807) is 26.5 Å². The van der Waals surface area contributed by atoms with Crippen molar-refractivity contribution in [2.45, 2.75) is 6.61 Å². The van der Waals surface area contributed by atoms with Crippen LogP contribution in [0, 0.1) is 0 Å². The van der Waals surface area contributed by atoms with Crippen LogP contribution in [0.1, 0.15) is 11.3 Å². The van der Waals surface area contributed by atoms with Crippen LogP contribution in [-0.4, -0.2) is 24.2 Å². The molecule has 0 saturated heterocycles. The van der Waals surface area contributed by atoms with E-state index < -0.39 is 0 Å². The first-order valence-electron chi connectivity index (χ1n) is 6.24. The van der Waals surface area contributed by atoms with E-state index in [0.29, 0.717) is 29.5 Å². The van der Waals surface area contributed by atoms with Gasteiger partial charge in [0.1, 0.15) is 11.6 Å². The summed E-state index contributed by atoms with van der Waals surface area (Å²) in [5.41, 5.74) is 7.04. The molecule has 2 aromatic rings. The Labute approximate surface area is 128 Å². The second-order valence-corrected chi connectivity index (χ2v) is 4.63. The number of aromatic nitrogens is 1. The van der Waals surface area contributed by atoms with E-state index >= 15 is 0 Å². The number of nitrogens with zero attached hydrogens (tertiary/aromatic N) is 1. The molecule has 2 N–H and O–H groups in total. The Morgan fingerprint density at radius 1 is 1.19 bits per heavy atom. The van der Waals surface area contributed by atoms with Gasteiger partial charge in [0.2, 0.25) is 5.75 Å². The van der Waals surface area contributed by atoms with Crippen molar-refractivity contribution in [1.29, 1.82) is 0 Å². The van der Waals surface area contributed by atoms with Crippen LogP contribution in [0.2, 0.25) is 0 Å². The normalized spacial score (nSPS) is 10.0. The Hall–Kier alpha value is -2.34. The third-order valence-electron chi connectivity index (χ3n) is 2.84. The molecule has 1 heterocycles. The molecule has 110 valence electrons. The molecule has 21 heavy (non-hydrogen) atoms. The predicted octanol–water partition coefficient (Wildman–Crippen LogP) is 2.31. The molecule has 0 radical (unpaired) electrons. The lowest BCUT2D eigenvalue weighted by molar-refractivity contribution is 0.266. The summed E-state index contributed by atoms with van der Waals surface area (Å²) in [5, 5.41) is 0. The highest BCUT2D eigenvalue weighted by Gasteiger charge is 2.11. The van der Waals surface area contributed by atoms with Gasteiger partial charge in [0.25, 0.3) is 0 Å². The van der Waals surface area contributed by atoms with Crippen molar-refractivity contribution in [2.24, 2.45) is 5.73 Å². The van der Waals surface area contributed by atoms with Crippen LogP contribution in [0.5, 0.6) is 17.2 Å². The summed E-state index contributed by atoms with van der Waals surface area (Å²) >= 11 is 4.91. The average molecular weight is 304 g/mol. The molecule has 0 aliphatic heterocycles. The van der Waals surface area contributed by atoms with Crippen LogP contribution in [0.25, 0.3) is 0 Å². The van der Waals surface area contributed by atoms with Crippen molar-refractivity contribution in [1.82, 2.24) is 4.98 Å². The maximum absolute atomic E-state index is 5.81. The smallest absolute Gasteiger partial charge is 0.203 e. The van der Waals surface area contributed by atoms with Gasteiger partial charge in [0.05, 0.1) is 19.9 Å². The highest BCUT2D eigenvalue weighted by Crippen LogP contribution is 2.37. The number of hydrogen-bond acceptors (Lipinski definition) is 5. The molecule has 0 unspecified atom stereocenters. The topological polar surface area (TPSA) is 66.6 Å². The Bertz CT molecular complexity index is 624. The molecule has 6 heteroatoms. The molecule has 0 bridgehead atoms. The number of para-hydroxylation sites is 1. The maximum Gasteiger partial charge on any atom is 0.203 e. The van der Waals surface area contributed by atoms with Gasteiger partial charge in [-0.2, -0.15) is 0 Å².